The van der Waals surface area contributed by atoms with E-state index in [1.165, 1.54) is 37.1 Å². The summed E-state index contributed by atoms with van der Waals surface area (Å²) >= 11 is 0. The van der Waals surface area contributed by atoms with Gasteiger partial charge in [0.2, 0.25) is 0 Å². The quantitative estimate of drug-likeness (QED) is 0.757. The summed E-state index contributed by atoms with van der Waals surface area (Å²) in [5.74, 6) is 0.782. The van der Waals surface area contributed by atoms with Gasteiger partial charge in [-0.15, -0.1) is 0 Å². The number of nitrogens with one attached hydrogen (secondary N) is 1. The maximum absolute atomic E-state index is 3.47. The molecule has 112 valence electrons. The van der Waals surface area contributed by atoms with Gasteiger partial charge in [0.25, 0.3) is 0 Å². The molecule has 20 heavy (non-hydrogen) atoms. The summed E-state index contributed by atoms with van der Waals surface area (Å²) in [7, 11) is 0. The molecule has 2 nitrogen and oxygen atoms in total. The molecule has 1 aromatic rings. The van der Waals surface area contributed by atoms with Crippen molar-refractivity contribution in [1.82, 2.24) is 5.32 Å². The summed E-state index contributed by atoms with van der Waals surface area (Å²) in [5.41, 5.74) is 2.79. The molecular weight excluding hydrogens is 244 g/mol. The van der Waals surface area contributed by atoms with Gasteiger partial charge in [-0.25, -0.2) is 0 Å². The fourth-order valence-electron chi connectivity index (χ4n) is 2.68. The average molecular weight is 274 g/mol. The molecule has 0 aliphatic heterocycles. The monoisotopic (exact) mass is 274 g/mol. The minimum Gasteiger partial charge on any atom is -0.369 e. The lowest BCUT2D eigenvalue weighted by molar-refractivity contribution is 0.570. The first kappa shape index (κ1) is 15.4. The van der Waals surface area contributed by atoms with Crippen molar-refractivity contribution in [2.75, 3.05) is 18.0 Å². The van der Waals surface area contributed by atoms with Crippen LogP contribution >= 0.6 is 0 Å². The Bertz CT molecular complexity index is 392. The SMILES string of the molecule is CCNC(C)c1ccc(N(CCC(C)C)C2CC2)cc1. The normalized spacial score (nSPS) is 16.4. The number of hydrogen-bond acceptors (Lipinski definition) is 2. The highest BCUT2D eigenvalue weighted by Crippen LogP contribution is 2.32. The molecule has 2 rings (SSSR count). The minimum atomic E-state index is 0.444. The van der Waals surface area contributed by atoms with Crippen LogP contribution in [-0.2, 0) is 0 Å². The fraction of sp³-hybridized carbons (Fsp3) is 0.667. The Hall–Kier alpha value is -1.02. The van der Waals surface area contributed by atoms with E-state index in [1.54, 1.807) is 0 Å². The van der Waals surface area contributed by atoms with E-state index < -0.39 is 0 Å². The van der Waals surface area contributed by atoms with Crippen LogP contribution in [0.4, 0.5) is 5.69 Å². The Morgan fingerprint density at radius 3 is 2.30 bits per heavy atom. The number of nitrogens with zero attached hydrogens (tertiary/aromatic N) is 1. The summed E-state index contributed by atoms with van der Waals surface area (Å²) in [6.07, 6.45) is 4.02. The van der Waals surface area contributed by atoms with E-state index in [0.29, 0.717) is 6.04 Å². The van der Waals surface area contributed by atoms with E-state index >= 15 is 0 Å². The second-order valence-corrected chi connectivity index (χ2v) is 6.48. The first-order chi connectivity index (χ1) is 9.61. The van der Waals surface area contributed by atoms with Crippen LogP contribution < -0.4 is 10.2 Å². The van der Waals surface area contributed by atoms with Crippen molar-refractivity contribution in [3.8, 4) is 0 Å². The van der Waals surface area contributed by atoms with Gasteiger partial charge in [0.15, 0.2) is 0 Å². The molecule has 1 atom stereocenters. The lowest BCUT2D eigenvalue weighted by atomic mass is 10.1. The van der Waals surface area contributed by atoms with Crippen molar-refractivity contribution in [3.63, 3.8) is 0 Å². The predicted octanol–water partition coefficient (Wildman–Crippen LogP) is 4.37. The number of rotatable bonds is 8. The molecule has 0 heterocycles. The zero-order chi connectivity index (χ0) is 14.5. The molecule has 0 saturated heterocycles. The molecule has 1 aliphatic carbocycles. The van der Waals surface area contributed by atoms with Crippen LogP contribution in [0.25, 0.3) is 0 Å². The molecule has 1 aliphatic rings. The van der Waals surface area contributed by atoms with E-state index in [0.717, 1.165) is 18.5 Å². The summed E-state index contributed by atoms with van der Waals surface area (Å²) < 4.78 is 0. The topological polar surface area (TPSA) is 15.3 Å². The highest BCUT2D eigenvalue weighted by Gasteiger charge is 2.29. The van der Waals surface area contributed by atoms with Crippen LogP contribution in [0.2, 0.25) is 0 Å². The minimum absolute atomic E-state index is 0.444. The molecule has 1 aromatic carbocycles. The molecule has 0 spiro atoms. The van der Waals surface area contributed by atoms with Crippen LogP contribution in [0.15, 0.2) is 24.3 Å². The van der Waals surface area contributed by atoms with E-state index in [-0.39, 0.29) is 0 Å². The Kier molecular flexibility index (Phi) is 5.47. The molecule has 0 bridgehead atoms. The summed E-state index contributed by atoms with van der Waals surface area (Å²) in [4.78, 5) is 2.61. The van der Waals surface area contributed by atoms with E-state index in [2.05, 4.69) is 62.2 Å². The van der Waals surface area contributed by atoms with Crippen molar-refractivity contribution in [2.45, 2.75) is 59.0 Å². The van der Waals surface area contributed by atoms with Crippen molar-refractivity contribution in [1.29, 1.82) is 0 Å². The molecule has 1 fully saturated rings. The average Bonchev–Trinajstić information content (AvgIpc) is 3.24. The lowest BCUT2D eigenvalue weighted by Crippen LogP contribution is -2.27. The zero-order valence-corrected chi connectivity index (χ0v) is 13.5. The van der Waals surface area contributed by atoms with Crippen molar-refractivity contribution < 1.29 is 0 Å². The highest BCUT2D eigenvalue weighted by atomic mass is 15.2. The number of hydrogen-bond donors (Lipinski definition) is 1. The van der Waals surface area contributed by atoms with Gasteiger partial charge in [-0.3, -0.25) is 0 Å². The van der Waals surface area contributed by atoms with Gasteiger partial charge in [0.1, 0.15) is 0 Å². The standard InChI is InChI=1S/C18H30N2/c1-5-19-15(4)16-6-8-17(9-7-16)20(18-10-11-18)13-12-14(2)3/h6-9,14-15,18-19H,5,10-13H2,1-4H3. The highest BCUT2D eigenvalue weighted by molar-refractivity contribution is 5.50. The third-order valence-electron chi connectivity index (χ3n) is 4.17. The Labute approximate surface area is 124 Å². The van der Waals surface area contributed by atoms with Crippen molar-refractivity contribution in [3.05, 3.63) is 29.8 Å². The summed E-state index contributed by atoms with van der Waals surface area (Å²) in [5, 5.41) is 3.47. The maximum Gasteiger partial charge on any atom is 0.0368 e. The third kappa shape index (κ3) is 4.24. The molecule has 0 aromatic heterocycles. The van der Waals surface area contributed by atoms with Gasteiger partial charge in [0.05, 0.1) is 0 Å². The van der Waals surface area contributed by atoms with E-state index in [1.807, 2.05) is 0 Å². The van der Waals surface area contributed by atoms with Crippen molar-refractivity contribution >= 4 is 5.69 Å². The molecule has 0 amide bonds. The van der Waals surface area contributed by atoms with Gasteiger partial charge in [0, 0.05) is 24.3 Å². The predicted molar refractivity (Wildman–Crippen MR) is 88.4 cm³/mol. The van der Waals surface area contributed by atoms with E-state index in [4.69, 9.17) is 0 Å². The summed E-state index contributed by atoms with van der Waals surface area (Å²) in [6.45, 7) is 11.2. The van der Waals surface area contributed by atoms with Crippen LogP contribution in [0.1, 0.15) is 58.6 Å². The van der Waals surface area contributed by atoms with Gasteiger partial charge >= 0.3 is 0 Å². The third-order valence-corrected chi connectivity index (χ3v) is 4.17. The van der Waals surface area contributed by atoms with Crippen LogP contribution in [0.3, 0.4) is 0 Å². The van der Waals surface area contributed by atoms with Gasteiger partial charge in [-0.2, -0.15) is 0 Å². The van der Waals surface area contributed by atoms with Crippen molar-refractivity contribution in [2.24, 2.45) is 5.92 Å². The molecule has 1 N–H and O–H groups in total. The van der Waals surface area contributed by atoms with Crippen LogP contribution in [0, 0.1) is 5.92 Å². The van der Waals surface area contributed by atoms with Gasteiger partial charge in [-0.05, 0) is 56.3 Å². The number of benzene rings is 1. The fourth-order valence-corrected chi connectivity index (χ4v) is 2.68. The Balaban J connectivity index is 2.02. The summed E-state index contributed by atoms with van der Waals surface area (Å²) in [6, 6.07) is 10.4. The van der Waals surface area contributed by atoms with E-state index in [9.17, 15) is 0 Å². The lowest BCUT2D eigenvalue weighted by Gasteiger charge is -2.26. The van der Waals surface area contributed by atoms with Gasteiger partial charge in [-0.1, -0.05) is 32.9 Å². The molecule has 2 heteroatoms. The smallest absolute Gasteiger partial charge is 0.0368 e. The first-order valence-corrected chi connectivity index (χ1v) is 8.21. The molecule has 0 radical (unpaired) electrons. The Morgan fingerprint density at radius 1 is 1.15 bits per heavy atom. The van der Waals surface area contributed by atoms with Gasteiger partial charge < -0.3 is 10.2 Å². The molecule has 1 saturated carbocycles. The maximum atomic E-state index is 3.47. The molecule has 1 unspecified atom stereocenters. The second kappa shape index (κ2) is 7.12. The Morgan fingerprint density at radius 2 is 1.80 bits per heavy atom. The molecular formula is C18H30N2. The first-order valence-electron chi connectivity index (χ1n) is 8.21. The van der Waals surface area contributed by atoms with Crippen LogP contribution in [-0.4, -0.2) is 19.1 Å². The largest absolute Gasteiger partial charge is 0.369 e. The number of anilines is 1. The van der Waals surface area contributed by atoms with Crippen LogP contribution in [0.5, 0.6) is 0 Å². The zero-order valence-electron chi connectivity index (χ0n) is 13.5. The second-order valence-electron chi connectivity index (χ2n) is 6.48.